The van der Waals surface area contributed by atoms with E-state index < -0.39 is 0 Å². The first-order chi connectivity index (χ1) is 24.7. The lowest BCUT2D eigenvalue weighted by Crippen LogP contribution is -2.33. The van der Waals surface area contributed by atoms with Gasteiger partial charge in [0.2, 0.25) is 0 Å². The van der Waals surface area contributed by atoms with Crippen LogP contribution in [0.25, 0.3) is 44.2 Å². The van der Waals surface area contributed by atoms with Crippen LogP contribution in [-0.2, 0) is 0 Å². The Morgan fingerprint density at radius 3 is 1.60 bits per heavy atom. The zero-order chi connectivity index (χ0) is 33.9. The van der Waals surface area contributed by atoms with Crippen molar-refractivity contribution in [3.05, 3.63) is 192 Å². The number of benzene rings is 7. The van der Waals surface area contributed by atoms with Crippen molar-refractivity contribution in [2.45, 2.75) is 6.17 Å². The molecule has 50 heavy (non-hydrogen) atoms. The van der Waals surface area contributed by atoms with Gasteiger partial charge in [-0.2, -0.15) is 10.5 Å². The average Bonchev–Trinajstić information content (AvgIpc) is 3.20. The molecule has 0 radical (unpaired) electrons. The number of hydrogen-bond acceptors (Lipinski definition) is 5. The van der Waals surface area contributed by atoms with Gasteiger partial charge in [0.05, 0.1) is 23.3 Å². The molecule has 0 aliphatic carbocycles. The largest absolute Gasteiger partial charge is 0.344 e. The van der Waals surface area contributed by atoms with Crippen LogP contribution in [0.2, 0.25) is 0 Å². The molecular weight excluding hydrogens is 611 g/mol. The van der Waals surface area contributed by atoms with Crippen molar-refractivity contribution < 1.29 is 0 Å². The molecule has 0 saturated carbocycles. The van der Waals surface area contributed by atoms with E-state index in [0.717, 1.165) is 61.3 Å². The summed E-state index contributed by atoms with van der Waals surface area (Å²) in [6.07, 6.45) is -0.255. The van der Waals surface area contributed by atoms with Gasteiger partial charge in [0.15, 0.2) is 5.84 Å². The van der Waals surface area contributed by atoms with Gasteiger partial charge < -0.3 is 5.32 Å². The Morgan fingerprint density at radius 2 is 1.02 bits per heavy atom. The second kappa shape index (κ2) is 13.2. The number of rotatable bonds is 6. The summed E-state index contributed by atoms with van der Waals surface area (Å²) in [5.41, 5.74) is 10.2. The summed E-state index contributed by atoms with van der Waals surface area (Å²) in [6.45, 7) is 0. The van der Waals surface area contributed by atoms with Crippen LogP contribution in [0, 0.1) is 22.7 Å². The number of amidine groups is 2. The third-order valence-electron chi connectivity index (χ3n) is 8.98. The lowest BCUT2D eigenvalue weighted by atomic mass is 9.90. The molecule has 1 unspecified atom stereocenters. The third-order valence-corrected chi connectivity index (χ3v) is 8.98. The van der Waals surface area contributed by atoms with E-state index in [0.29, 0.717) is 17.0 Å². The summed E-state index contributed by atoms with van der Waals surface area (Å²) in [5.74, 6) is 1.48. The Kier molecular flexibility index (Phi) is 7.99. The van der Waals surface area contributed by atoms with E-state index in [-0.39, 0.29) is 6.17 Å². The van der Waals surface area contributed by atoms with E-state index in [2.05, 4.69) is 127 Å². The molecule has 1 atom stereocenters. The van der Waals surface area contributed by atoms with Crippen LogP contribution in [0.1, 0.15) is 34.0 Å². The summed E-state index contributed by atoms with van der Waals surface area (Å²) in [4.78, 5) is 10.0. The van der Waals surface area contributed by atoms with E-state index >= 15 is 0 Å². The van der Waals surface area contributed by atoms with E-state index in [1.807, 2.05) is 48.5 Å². The van der Waals surface area contributed by atoms with Crippen LogP contribution in [-0.4, -0.2) is 11.7 Å². The molecule has 234 valence electrons. The molecule has 0 amide bonds. The van der Waals surface area contributed by atoms with Crippen molar-refractivity contribution in [1.29, 1.82) is 10.5 Å². The normalized spacial score (nSPS) is 13.8. The number of fused-ring (bicyclic) bond motifs is 1. The number of nitrogens with one attached hydrogen (secondary N) is 1. The van der Waals surface area contributed by atoms with Crippen molar-refractivity contribution >= 4 is 22.4 Å². The molecule has 0 bridgehead atoms. The highest BCUT2D eigenvalue weighted by Crippen LogP contribution is 2.37. The van der Waals surface area contributed by atoms with Crippen molar-refractivity contribution in [2.24, 2.45) is 9.98 Å². The van der Waals surface area contributed by atoms with Crippen LogP contribution in [0.4, 0.5) is 0 Å². The van der Waals surface area contributed by atoms with E-state index in [9.17, 15) is 10.5 Å². The second-order valence-corrected chi connectivity index (χ2v) is 12.1. The van der Waals surface area contributed by atoms with Gasteiger partial charge in [0.25, 0.3) is 0 Å². The van der Waals surface area contributed by atoms with Crippen LogP contribution < -0.4 is 5.32 Å². The summed E-state index contributed by atoms with van der Waals surface area (Å²) in [6, 6.07) is 59.6. The first-order valence-corrected chi connectivity index (χ1v) is 16.4. The Labute approximate surface area is 290 Å². The zero-order valence-corrected chi connectivity index (χ0v) is 27.0. The van der Waals surface area contributed by atoms with Gasteiger partial charge in [-0.1, -0.05) is 146 Å². The average molecular weight is 640 g/mol. The van der Waals surface area contributed by atoms with Crippen molar-refractivity contribution in [1.82, 2.24) is 5.32 Å². The van der Waals surface area contributed by atoms with E-state index in [4.69, 9.17) is 9.98 Å². The fourth-order valence-corrected chi connectivity index (χ4v) is 6.51. The summed E-state index contributed by atoms with van der Waals surface area (Å²) in [5, 5.41) is 24.8. The highest BCUT2D eigenvalue weighted by atomic mass is 15.2. The molecule has 8 rings (SSSR count). The second-order valence-electron chi connectivity index (χ2n) is 12.1. The highest BCUT2D eigenvalue weighted by Gasteiger charge is 2.21. The Hall–Kier alpha value is -7.08. The fourth-order valence-electron chi connectivity index (χ4n) is 6.51. The molecule has 0 spiro atoms. The maximum atomic E-state index is 9.46. The first kappa shape index (κ1) is 30.3. The maximum Gasteiger partial charge on any atom is 0.159 e. The van der Waals surface area contributed by atoms with Gasteiger partial charge in [-0.15, -0.1) is 0 Å². The molecule has 7 aromatic rings. The highest BCUT2D eigenvalue weighted by molar-refractivity contribution is 6.13. The molecule has 5 heteroatoms. The predicted octanol–water partition coefficient (Wildman–Crippen LogP) is 10.1. The molecule has 0 aromatic heterocycles. The summed E-state index contributed by atoms with van der Waals surface area (Å²) < 4.78 is 0. The monoisotopic (exact) mass is 639 g/mol. The minimum Gasteiger partial charge on any atom is -0.344 e. The minimum atomic E-state index is -0.255. The third kappa shape index (κ3) is 5.92. The number of hydrogen-bond donors (Lipinski definition) is 1. The van der Waals surface area contributed by atoms with Gasteiger partial charge in [-0.05, 0) is 67.9 Å². The molecule has 7 aromatic carbocycles. The lowest BCUT2D eigenvalue weighted by molar-refractivity contribution is 0.674. The summed E-state index contributed by atoms with van der Waals surface area (Å²) >= 11 is 0. The SMILES string of the molecule is N#Cc1cc(C#N)cc(-c2ccc(-c3cccc4cccc(-c5ccc(C6=NC(c7ccccc7)NC(c7ccccc7)=N6)cc5)c34)cc2)c1. The quantitative estimate of drug-likeness (QED) is 0.197. The minimum absolute atomic E-state index is 0.255. The van der Waals surface area contributed by atoms with Crippen molar-refractivity contribution in [3.63, 3.8) is 0 Å². The van der Waals surface area contributed by atoms with Gasteiger partial charge in [-0.3, -0.25) is 0 Å². The molecule has 5 nitrogen and oxygen atoms in total. The topological polar surface area (TPSA) is 84.3 Å². The zero-order valence-electron chi connectivity index (χ0n) is 27.0. The Bertz CT molecular complexity index is 2460. The molecule has 0 saturated heterocycles. The van der Waals surface area contributed by atoms with Gasteiger partial charge in [0.1, 0.15) is 12.0 Å². The molecule has 0 fully saturated rings. The van der Waals surface area contributed by atoms with Crippen LogP contribution in [0.5, 0.6) is 0 Å². The molecule has 1 aliphatic heterocycles. The van der Waals surface area contributed by atoms with Crippen molar-refractivity contribution in [3.8, 4) is 45.5 Å². The Morgan fingerprint density at radius 1 is 0.480 bits per heavy atom. The number of nitrogens with zero attached hydrogens (tertiary/aromatic N) is 4. The van der Waals surface area contributed by atoms with Gasteiger partial charge >= 0.3 is 0 Å². The van der Waals surface area contributed by atoms with E-state index in [1.54, 1.807) is 6.07 Å². The standard InChI is InChI=1S/C45H29N5/c46-28-30-25-31(29-47)27-39(26-30)32-17-19-33(20-18-32)40-15-7-13-35-14-8-16-41(42(35)40)34-21-23-38(24-22-34)45-49-43(36-9-3-1-4-10-36)48-44(50-45)37-11-5-2-6-12-37/h1-27,43H,(H,48,49,50). The molecule has 1 N–H and O–H groups in total. The van der Waals surface area contributed by atoms with Crippen LogP contribution in [0.15, 0.2) is 174 Å². The predicted molar refractivity (Wildman–Crippen MR) is 202 cm³/mol. The number of nitriles is 2. The van der Waals surface area contributed by atoms with Crippen LogP contribution in [0.3, 0.4) is 0 Å². The first-order valence-electron chi connectivity index (χ1n) is 16.4. The van der Waals surface area contributed by atoms with Crippen LogP contribution >= 0.6 is 0 Å². The maximum absolute atomic E-state index is 9.46. The molecule has 1 heterocycles. The van der Waals surface area contributed by atoms with E-state index in [1.165, 1.54) is 5.39 Å². The molecule has 1 aliphatic rings. The number of aliphatic imine (C=N–C) groups is 2. The Balaban J connectivity index is 1.16. The summed E-state index contributed by atoms with van der Waals surface area (Å²) in [7, 11) is 0. The van der Waals surface area contributed by atoms with Gasteiger partial charge in [0, 0.05) is 11.1 Å². The smallest absolute Gasteiger partial charge is 0.159 e. The van der Waals surface area contributed by atoms with Crippen molar-refractivity contribution in [2.75, 3.05) is 0 Å². The molecular formula is C45H29N5. The van der Waals surface area contributed by atoms with Gasteiger partial charge in [-0.25, -0.2) is 9.98 Å². The fraction of sp³-hybridized carbons (Fsp3) is 0.0222. The lowest BCUT2D eigenvalue weighted by Gasteiger charge is -2.23.